The van der Waals surface area contributed by atoms with Crippen molar-refractivity contribution in [3.8, 4) is 0 Å². The summed E-state index contributed by atoms with van der Waals surface area (Å²) in [5.74, 6) is 0.299. The molecule has 14 heteroatoms. The van der Waals surface area contributed by atoms with E-state index in [9.17, 15) is 29.4 Å². The first-order chi connectivity index (χ1) is 19.8. The molecule has 1 aromatic rings. The highest BCUT2D eigenvalue weighted by Gasteiger charge is 2.35. The molecular weight excluding hydrogens is 560 g/mol. The monoisotopic (exact) mass is 602 g/mol. The number of amides is 2. The minimum absolute atomic E-state index is 0.0915. The highest BCUT2D eigenvalue weighted by Crippen LogP contribution is 2.27. The van der Waals surface area contributed by atoms with Crippen molar-refractivity contribution in [1.82, 2.24) is 20.2 Å². The second kappa shape index (κ2) is 20.3. The largest absolute Gasteiger partial charge is 0.394 e. The molecule has 41 heavy (non-hydrogen) atoms. The first kappa shape index (κ1) is 34.7. The summed E-state index contributed by atoms with van der Waals surface area (Å²) in [7, 11) is 0. The Hall–Kier alpha value is -2.55. The SMILES string of the molecule is O=C(CCCC(=O)NCCOCCOCCCCCCCl)NCC=Cc1cn([C@H]2CC(O)[C@@H](CO)O2)c(=O)[nH]c1=O. The minimum atomic E-state index is -0.930. The van der Waals surface area contributed by atoms with Crippen molar-refractivity contribution in [1.29, 1.82) is 0 Å². The van der Waals surface area contributed by atoms with E-state index in [1.54, 1.807) is 6.08 Å². The van der Waals surface area contributed by atoms with Crippen LogP contribution in [0.2, 0.25) is 0 Å². The van der Waals surface area contributed by atoms with Gasteiger partial charge in [-0.05, 0) is 19.3 Å². The lowest BCUT2D eigenvalue weighted by Gasteiger charge is -2.14. The maximum atomic E-state index is 12.2. The Labute approximate surface area is 244 Å². The summed E-state index contributed by atoms with van der Waals surface area (Å²) in [5, 5.41) is 24.6. The second-order valence-corrected chi connectivity index (χ2v) is 9.98. The fourth-order valence-corrected chi connectivity index (χ4v) is 4.25. The number of unbranched alkanes of at least 4 members (excludes halogenated alkanes) is 3. The minimum Gasteiger partial charge on any atom is -0.394 e. The number of aliphatic hydroxyl groups excluding tert-OH is 2. The van der Waals surface area contributed by atoms with E-state index in [2.05, 4.69) is 15.6 Å². The molecule has 0 aromatic carbocycles. The number of aromatic amines is 1. The van der Waals surface area contributed by atoms with Crippen molar-refractivity contribution >= 4 is 29.5 Å². The first-order valence-corrected chi connectivity index (χ1v) is 14.6. The van der Waals surface area contributed by atoms with E-state index in [1.807, 2.05) is 0 Å². The first-order valence-electron chi connectivity index (χ1n) is 14.1. The molecule has 1 unspecified atom stereocenters. The number of H-pyrrole nitrogens is 1. The zero-order valence-electron chi connectivity index (χ0n) is 23.4. The van der Waals surface area contributed by atoms with Gasteiger partial charge in [-0.2, -0.15) is 0 Å². The molecule has 13 nitrogen and oxygen atoms in total. The van der Waals surface area contributed by atoms with Gasteiger partial charge in [0.2, 0.25) is 11.8 Å². The Bertz CT molecular complexity index is 1060. The lowest BCUT2D eigenvalue weighted by Crippen LogP contribution is -2.33. The molecule has 0 saturated carbocycles. The van der Waals surface area contributed by atoms with Gasteiger partial charge in [0.25, 0.3) is 5.56 Å². The Morgan fingerprint density at radius 2 is 1.76 bits per heavy atom. The topological polar surface area (TPSA) is 181 Å². The summed E-state index contributed by atoms with van der Waals surface area (Å²) in [6, 6.07) is 0. The van der Waals surface area contributed by atoms with Crippen LogP contribution in [0.5, 0.6) is 0 Å². The normalized spacial score (nSPS) is 18.7. The van der Waals surface area contributed by atoms with Crippen LogP contribution in [0.4, 0.5) is 0 Å². The third kappa shape index (κ3) is 13.8. The van der Waals surface area contributed by atoms with E-state index in [-0.39, 0.29) is 43.2 Å². The Morgan fingerprint density at radius 3 is 2.46 bits per heavy atom. The van der Waals surface area contributed by atoms with Crippen LogP contribution >= 0.6 is 11.6 Å². The van der Waals surface area contributed by atoms with Gasteiger partial charge < -0.3 is 35.1 Å². The van der Waals surface area contributed by atoms with E-state index in [0.717, 1.165) is 30.3 Å². The van der Waals surface area contributed by atoms with E-state index < -0.39 is 36.3 Å². The van der Waals surface area contributed by atoms with E-state index >= 15 is 0 Å². The van der Waals surface area contributed by atoms with Crippen molar-refractivity contribution < 1.29 is 34.0 Å². The number of nitrogens with zero attached hydrogens (tertiary/aromatic N) is 1. The predicted octanol–water partition coefficient (Wildman–Crippen LogP) is 0.426. The summed E-state index contributed by atoms with van der Waals surface area (Å²) in [5.41, 5.74) is -1.15. The van der Waals surface area contributed by atoms with Gasteiger partial charge >= 0.3 is 5.69 Å². The standard InChI is InChI=1S/C27H43ClN4O9/c28-10-3-1-2-4-13-39-15-16-40-14-12-30-24(36)9-5-8-23(35)29-11-6-7-20-18-32(27(38)31-26(20)37)25-17-21(34)22(19-33)41-25/h6-7,18,21-22,25,33-34H,1-5,8-17,19H2,(H,29,35)(H,30,36)(H,31,37,38)/t21?,22-,25-/m1/s1. The molecule has 232 valence electrons. The van der Waals surface area contributed by atoms with Crippen LogP contribution < -0.4 is 21.9 Å². The molecule has 1 saturated heterocycles. The number of aromatic nitrogens is 2. The summed E-state index contributed by atoms with van der Waals surface area (Å²) >= 11 is 5.63. The van der Waals surface area contributed by atoms with Crippen molar-refractivity contribution in [2.75, 3.05) is 52.0 Å². The number of ether oxygens (including phenoxy) is 3. The number of halogens is 1. The molecule has 3 atom stereocenters. The van der Waals surface area contributed by atoms with E-state index in [1.165, 1.54) is 12.3 Å². The summed E-state index contributed by atoms with van der Waals surface area (Å²) < 4.78 is 17.5. The van der Waals surface area contributed by atoms with E-state index in [0.29, 0.717) is 45.3 Å². The number of hydrogen-bond donors (Lipinski definition) is 5. The Kier molecular flexibility index (Phi) is 17.2. The maximum absolute atomic E-state index is 12.2. The molecule has 2 heterocycles. The van der Waals surface area contributed by atoms with Crippen molar-refractivity contribution in [2.45, 2.75) is 69.8 Å². The molecular formula is C27H43ClN4O9. The van der Waals surface area contributed by atoms with Crippen LogP contribution in [0.25, 0.3) is 6.08 Å². The molecule has 5 N–H and O–H groups in total. The predicted molar refractivity (Wildman–Crippen MR) is 153 cm³/mol. The van der Waals surface area contributed by atoms with E-state index in [4.69, 9.17) is 25.8 Å². The average Bonchev–Trinajstić information content (AvgIpc) is 3.32. The van der Waals surface area contributed by atoms with Crippen molar-refractivity contribution in [3.63, 3.8) is 0 Å². The van der Waals surface area contributed by atoms with Gasteiger partial charge in [0.15, 0.2) is 0 Å². The third-order valence-electron chi connectivity index (χ3n) is 6.32. The van der Waals surface area contributed by atoms with Gasteiger partial charge in [0.05, 0.1) is 38.1 Å². The zero-order chi connectivity index (χ0) is 29.9. The molecule has 0 radical (unpaired) electrons. The van der Waals surface area contributed by atoms with Crippen LogP contribution in [0, 0.1) is 0 Å². The maximum Gasteiger partial charge on any atom is 0.330 e. The fraction of sp³-hybridized carbons (Fsp3) is 0.704. The Morgan fingerprint density at radius 1 is 1.05 bits per heavy atom. The van der Waals surface area contributed by atoms with Gasteiger partial charge in [-0.15, -0.1) is 11.6 Å². The number of aliphatic hydroxyl groups is 2. The third-order valence-corrected chi connectivity index (χ3v) is 6.59. The summed E-state index contributed by atoms with van der Waals surface area (Å²) in [4.78, 5) is 50.5. The molecule has 1 aliphatic heterocycles. The molecule has 1 fully saturated rings. The quantitative estimate of drug-likeness (QED) is 0.0984. The average molecular weight is 603 g/mol. The molecule has 1 aliphatic rings. The summed E-state index contributed by atoms with van der Waals surface area (Å²) in [6.45, 7) is 2.21. The van der Waals surface area contributed by atoms with Crippen molar-refractivity contribution in [2.24, 2.45) is 0 Å². The second-order valence-electron chi connectivity index (χ2n) is 9.60. The van der Waals surface area contributed by atoms with Gasteiger partial charge in [0, 0.05) is 51.0 Å². The van der Waals surface area contributed by atoms with Gasteiger partial charge in [-0.1, -0.05) is 25.0 Å². The molecule has 2 rings (SSSR count). The number of nitrogens with one attached hydrogen (secondary N) is 3. The number of carbonyl (C=O) groups excluding carboxylic acids is 2. The highest BCUT2D eigenvalue weighted by atomic mass is 35.5. The fourth-order valence-electron chi connectivity index (χ4n) is 4.07. The lowest BCUT2D eigenvalue weighted by atomic mass is 10.2. The lowest BCUT2D eigenvalue weighted by molar-refractivity contribution is -0.122. The van der Waals surface area contributed by atoms with Crippen LogP contribution in [0.3, 0.4) is 0 Å². The zero-order valence-corrected chi connectivity index (χ0v) is 24.1. The number of carbonyl (C=O) groups is 2. The van der Waals surface area contributed by atoms with Gasteiger partial charge in [0.1, 0.15) is 12.3 Å². The van der Waals surface area contributed by atoms with Crippen molar-refractivity contribution in [3.05, 3.63) is 38.7 Å². The number of rotatable bonds is 21. The molecule has 0 aliphatic carbocycles. The Balaban J connectivity index is 1.55. The highest BCUT2D eigenvalue weighted by molar-refractivity contribution is 6.17. The smallest absolute Gasteiger partial charge is 0.330 e. The van der Waals surface area contributed by atoms with Crippen LogP contribution in [-0.2, 0) is 23.8 Å². The summed E-state index contributed by atoms with van der Waals surface area (Å²) in [6.07, 6.45) is 6.88. The number of hydrogen-bond acceptors (Lipinski definition) is 9. The molecule has 2 amide bonds. The van der Waals surface area contributed by atoms with Gasteiger partial charge in [-0.25, -0.2) is 4.79 Å². The number of alkyl halides is 1. The van der Waals surface area contributed by atoms with Gasteiger partial charge in [-0.3, -0.25) is 23.9 Å². The van der Waals surface area contributed by atoms with Crippen LogP contribution in [0.15, 0.2) is 21.9 Å². The molecule has 0 bridgehead atoms. The van der Waals surface area contributed by atoms with Crippen LogP contribution in [-0.4, -0.2) is 95.8 Å². The van der Waals surface area contributed by atoms with Crippen LogP contribution in [0.1, 0.15) is 63.2 Å². The molecule has 0 spiro atoms. The molecule has 1 aromatic heterocycles.